The Balaban J connectivity index is 1.20. The number of nitro groups is 1. The van der Waals surface area contributed by atoms with Gasteiger partial charge in [0, 0.05) is 30.4 Å². The van der Waals surface area contributed by atoms with E-state index in [1.807, 2.05) is 18.2 Å². The van der Waals surface area contributed by atoms with Gasteiger partial charge in [-0.3, -0.25) is 10.1 Å². The summed E-state index contributed by atoms with van der Waals surface area (Å²) >= 11 is 0. The van der Waals surface area contributed by atoms with Crippen molar-refractivity contribution in [3.63, 3.8) is 0 Å². The van der Waals surface area contributed by atoms with Crippen molar-refractivity contribution >= 4 is 28.2 Å². The first-order valence-corrected chi connectivity index (χ1v) is 16.8. The first-order chi connectivity index (χ1) is 20.9. The van der Waals surface area contributed by atoms with E-state index < -0.39 is 5.72 Å². The maximum atomic E-state index is 11.3. The van der Waals surface area contributed by atoms with Gasteiger partial charge in [-0.15, -0.1) is 0 Å². The van der Waals surface area contributed by atoms with Gasteiger partial charge >= 0.3 is 0 Å². The van der Waals surface area contributed by atoms with Gasteiger partial charge in [-0.1, -0.05) is 121 Å². The molecule has 2 aliphatic rings. The number of non-ortho nitro benzene ring substituents is 1. The molecule has 0 saturated heterocycles. The zero-order valence-corrected chi connectivity index (χ0v) is 26.6. The molecule has 0 radical (unpaired) electrons. The van der Waals surface area contributed by atoms with Gasteiger partial charge in [0.15, 0.2) is 0 Å². The Morgan fingerprint density at radius 2 is 1.44 bits per heavy atom. The summed E-state index contributed by atoms with van der Waals surface area (Å²) in [5.74, 6) is 0.829. The summed E-state index contributed by atoms with van der Waals surface area (Å²) in [6, 6.07) is 17.7. The summed E-state index contributed by atoms with van der Waals surface area (Å²) in [6.07, 6.45) is 24.5. The lowest BCUT2D eigenvalue weighted by Gasteiger charge is -2.47. The summed E-state index contributed by atoms with van der Waals surface area (Å²) in [5.41, 5.74) is 2.82. The van der Waals surface area contributed by atoms with Crippen LogP contribution >= 0.6 is 0 Å². The Morgan fingerprint density at radius 3 is 2.09 bits per heavy atom. The van der Waals surface area contributed by atoms with Crippen LogP contribution in [0.5, 0.6) is 5.75 Å². The highest BCUT2D eigenvalue weighted by Gasteiger charge is 2.59. The molecular weight excluding hydrogens is 532 g/mol. The number of benzene rings is 3. The van der Waals surface area contributed by atoms with Gasteiger partial charge in [0.2, 0.25) is 5.72 Å². The van der Waals surface area contributed by atoms with E-state index in [0.717, 1.165) is 28.5 Å². The van der Waals surface area contributed by atoms with Crippen LogP contribution in [0.25, 0.3) is 16.8 Å². The maximum absolute atomic E-state index is 11.3. The molecule has 5 heteroatoms. The highest BCUT2D eigenvalue weighted by atomic mass is 16.6. The third kappa shape index (κ3) is 6.32. The normalized spacial score (nSPS) is 20.4. The molecule has 2 atom stereocenters. The number of fused-ring (bicyclic) bond motifs is 4. The fraction of sp³-hybridized carbons (Fsp3) is 0.526. The predicted molar refractivity (Wildman–Crippen MR) is 180 cm³/mol. The van der Waals surface area contributed by atoms with Crippen LogP contribution in [0.3, 0.4) is 0 Å². The van der Waals surface area contributed by atoms with Crippen LogP contribution in [-0.2, 0) is 5.41 Å². The number of para-hydroxylation sites is 1. The number of anilines is 1. The molecule has 3 aromatic carbocycles. The molecule has 43 heavy (non-hydrogen) atoms. The molecule has 230 valence electrons. The quantitative estimate of drug-likeness (QED) is 0.0957. The zero-order valence-electron chi connectivity index (χ0n) is 26.6. The van der Waals surface area contributed by atoms with Crippen molar-refractivity contribution in [2.45, 2.75) is 121 Å². The number of nitrogens with zero attached hydrogens (tertiary/aromatic N) is 2. The molecule has 0 saturated carbocycles. The van der Waals surface area contributed by atoms with Crippen LogP contribution < -0.4 is 9.64 Å². The molecule has 2 aliphatic heterocycles. The highest BCUT2D eigenvalue weighted by Crippen LogP contribution is 2.57. The van der Waals surface area contributed by atoms with E-state index >= 15 is 0 Å². The summed E-state index contributed by atoms with van der Waals surface area (Å²) in [5, 5.41) is 13.1. The summed E-state index contributed by atoms with van der Waals surface area (Å²) in [4.78, 5) is 13.3. The Labute approximate surface area is 258 Å². The fourth-order valence-corrected chi connectivity index (χ4v) is 7.53. The molecule has 0 aliphatic carbocycles. The van der Waals surface area contributed by atoms with Crippen molar-refractivity contribution in [3.05, 3.63) is 81.9 Å². The molecule has 5 rings (SSSR count). The van der Waals surface area contributed by atoms with Gasteiger partial charge in [0.1, 0.15) is 5.75 Å². The number of ether oxygens (including phenoxy) is 1. The Kier molecular flexibility index (Phi) is 10.1. The van der Waals surface area contributed by atoms with E-state index in [1.165, 1.54) is 101 Å². The molecule has 0 N–H and O–H groups in total. The molecule has 2 unspecified atom stereocenters. The van der Waals surface area contributed by atoms with Gasteiger partial charge in [0.25, 0.3) is 5.69 Å². The van der Waals surface area contributed by atoms with Crippen molar-refractivity contribution in [2.75, 3.05) is 11.9 Å². The second-order valence-corrected chi connectivity index (χ2v) is 13.0. The Bertz CT molecular complexity index is 1430. The predicted octanol–water partition coefficient (Wildman–Crippen LogP) is 11.1. The third-order valence-electron chi connectivity index (χ3n) is 10.1. The molecule has 3 aromatic rings. The summed E-state index contributed by atoms with van der Waals surface area (Å²) < 4.78 is 7.05. The minimum Gasteiger partial charge on any atom is -0.463 e. The molecule has 1 spiro atoms. The van der Waals surface area contributed by atoms with Crippen LogP contribution in [0.1, 0.15) is 121 Å². The van der Waals surface area contributed by atoms with Crippen LogP contribution in [0.15, 0.2) is 60.7 Å². The van der Waals surface area contributed by atoms with E-state index in [1.54, 1.807) is 12.1 Å². The smallest absolute Gasteiger partial charge is 0.270 e. The SMILES string of the molecule is CCCCCCCCCCCCCCCCC1(C)c2ccccc2N(C)C12C=Cc1c(ccc3cc([N+](=O)[O-])ccc13)O2. The maximum Gasteiger partial charge on any atom is 0.270 e. The third-order valence-corrected chi connectivity index (χ3v) is 10.1. The van der Waals surface area contributed by atoms with Crippen molar-refractivity contribution in [2.24, 2.45) is 0 Å². The van der Waals surface area contributed by atoms with Gasteiger partial charge in [-0.2, -0.15) is 0 Å². The fourth-order valence-electron chi connectivity index (χ4n) is 7.53. The monoisotopic (exact) mass is 582 g/mol. The highest BCUT2D eigenvalue weighted by molar-refractivity contribution is 5.95. The van der Waals surface area contributed by atoms with Crippen molar-refractivity contribution in [1.82, 2.24) is 0 Å². The minimum atomic E-state index is -0.630. The number of likely N-dealkylation sites (N-methyl/N-ethyl adjacent to an activating group) is 1. The standard InChI is InChI=1S/C38H50N2O3/c1-4-5-6-7-8-9-10-11-12-13-14-15-16-19-27-37(2)34-20-17-18-21-35(34)39(3)38(37)28-26-33-32-24-23-31(40(41)42)29-30(32)22-25-36(33)43-38/h17-18,20-26,28-29H,4-16,19,27H2,1-3H3. The number of hydrogen-bond acceptors (Lipinski definition) is 4. The number of unbranched alkanes of at least 4 members (excludes halogenated alkanes) is 13. The average molecular weight is 583 g/mol. The van der Waals surface area contributed by atoms with Gasteiger partial charge < -0.3 is 9.64 Å². The Morgan fingerprint density at radius 1 is 0.814 bits per heavy atom. The molecule has 0 fully saturated rings. The Hall–Kier alpha value is -3.34. The zero-order chi connectivity index (χ0) is 30.3. The first kappa shape index (κ1) is 31.1. The molecule has 0 aromatic heterocycles. The molecule has 0 bridgehead atoms. The summed E-state index contributed by atoms with van der Waals surface area (Å²) in [7, 11) is 2.15. The van der Waals surface area contributed by atoms with Crippen molar-refractivity contribution in [1.29, 1.82) is 0 Å². The first-order valence-electron chi connectivity index (χ1n) is 16.8. The average Bonchev–Trinajstić information content (AvgIpc) is 3.19. The topological polar surface area (TPSA) is 55.6 Å². The van der Waals surface area contributed by atoms with Crippen molar-refractivity contribution < 1.29 is 9.66 Å². The van der Waals surface area contributed by atoms with Gasteiger partial charge in [-0.05, 0) is 60.0 Å². The van der Waals surface area contributed by atoms with Crippen LogP contribution in [0.2, 0.25) is 0 Å². The van der Waals surface area contributed by atoms with Gasteiger partial charge in [-0.25, -0.2) is 0 Å². The van der Waals surface area contributed by atoms with Crippen LogP contribution in [0, 0.1) is 10.1 Å². The van der Waals surface area contributed by atoms with Crippen LogP contribution in [0.4, 0.5) is 11.4 Å². The van der Waals surface area contributed by atoms with Gasteiger partial charge in [0.05, 0.1) is 10.3 Å². The van der Waals surface area contributed by atoms with Crippen molar-refractivity contribution in [3.8, 4) is 5.75 Å². The van der Waals surface area contributed by atoms with E-state index in [-0.39, 0.29) is 16.0 Å². The van der Waals surface area contributed by atoms with E-state index in [0.29, 0.717) is 0 Å². The number of rotatable bonds is 16. The lowest BCUT2D eigenvalue weighted by atomic mass is 9.71. The molecular formula is C38H50N2O3. The number of hydrogen-bond donors (Lipinski definition) is 0. The van der Waals surface area contributed by atoms with Crippen LogP contribution in [-0.4, -0.2) is 17.7 Å². The molecule has 5 nitrogen and oxygen atoms in total. The van der Waals surface area contributed by atoms with E-state index in [4.69, 9.17) is 4.74 Å². The second-order valence-electron chi connectivity index (χ2n) is 13.0. The largest absolute Gasteiger partial charge is 0.463 e. The lowest BCUT2D eigenvalue weighted by molar-refractivity contribution is -0.384. The second kappa shape index (κ2) is 14.0. The number of nitro benzene ring substituents is 1. The minimum absolute atomic E-state index is 0.108. The van der Waals surface area contributed by atoms with E-state index in [2.05, 4.69) is 62.2 Å². The van der Waals surface area contributed by atoms with E-state index in [9.17, 15) is 10.1 Å². The lowest BCUT2D eigenvalue weighted by Crippen LogP contribution is -2.59. The summed E-state index contributed by atoms with van der Waals surface area (Å²) in [6.45, 7) is 4.66. The molecule has 0 amide bonds. The molecule has 2 heterocycles.